The van der Waals surface area contributed by atoms with Gasteiger partial charge in [-0.3, -0.25) is 0 Å². The second-order valence-corrected chi connectivity index (χ2v) is 5.82. The van der Waals surface area contributed by atoms with Gasteiger partial charge in [-0.2, -0.15) is 0 Å². The summed E-state index contributed by atoms with van der Waals surface area (Å²) in [6, 6.07) is 9.36. The summed E-state index contributed by atoms with van der Waals surface area (Å²) >= 11 is 1.88. The van der Waals surface area contributed by atoms with Crippen molar-refractivity contribution in [3.05, 3.63) is 35.2 Å². The number of nitrogens with one attached hydrogen (secondary N) is 1. The Morgan fingerprint density at radius 1 is 1.35 bits per heavy atom. The Kier molecular flexibility index (Phi) is 3.17. The molecule has 1 fully saturated rings. The summed E-state index contributed by atoms with van der Waals surface area (Å²) in [5.74, 6) is 0.855. The van der Waals surface area contributed by atoms with E-state index in [1.165, 1.54) is 34.9 Å². The van der Waals surface area contributed by atoms with Crippen LogP contribution < -0.4 is 5.32 Å². The predicted octanol–water partition coefficient (Wildman–Crippen LogP) is 4.35. The predicted molar refractivity (Wildman–Crippen MR) is 75.6 cm³/mol. The Hall–Kier alpha value is -0.860. The SMILES string of the molecule is CCNC(c1csc2ccccc12)C1CCC1. The second-order valence-electron chi connectivity index (χ2n) is 4.91. The molecule has 0 radical (unpaired) electrons. The van der Waals surface area contributed by atoms with Crippen molar-refractivity contribution < 1.29 is 0 Å². The topological polar surface area (TPSA) is 12.0 Å². The normalized spacial score (nSPS) is 18.2. The monoisotopic (exact) mass is 245 g/mol. The number of hydrogen-bond donors (Lipinski definition) is 1. The second kappa shape index (κ2) is 4.79. The first-order valence-electron chi connectivity index (χ1n) is 6.59. The van der Waals surface area contributed by atoms with Crippen LogP contribution in [0.5, 0.6) is 0 Å². The maximum absolute atomic E-state index is 3.69. The number of rotatable bonds is 4. The van der Waals surface area contributed by atoms with Gasteiger partial charge in [-0.25, -0.2) is 0 Å². The minimum absolute atomic E-state index is 0.574. The average Bonchev–Trinajstić information content (AvgIpc) is 2.69. The molecule has 1 nitrogen and oxygen atoms in total. The molecule has 1 aromatic heterocycles. The lowest BCUT2D eigenvalue weighted by atomic mass is 9.77. The molecular formula is C15H19NS. The smallest absolute Gasteiger partial charge is 0.0363 e. The van der Waals surface area contributed by atoms with Crippen LogP contribution in [0.2, 0.25) is 0 Å². The molecule has 3 rings (SSSR count). The lowest BCUT2D eigenvalue weighted by Gasteiger charge is -2.34. The summed E-state index contributed by atoms with van der Waals surface area (Å²) in [6.45, 7) is 3.27. The van der Waals surface area contributed by atoms with E-state index in [-0.39, 0.29) is 0 Å². The van der Waals surface area contributed by atoms with Crippen LogP contribution in [-0.2, 0) is 0 Å². The molecule has 0 saturated heterocycles. The molecule has 1 saturated carbocycles. The van der Waals surface area contributed by atoms with Crippen LogP contribution >= 0.6 is 11.3 Å². The minimum atomic E-state index is 0.574. The van der Waals surface area contributed by atoms with Gasteiger partial charge in [-0.15, -0.1) is 11.3 Å². The third-order valence-corrected chi connectivity index (χ3v) is 4.87. The fraction of sp³-hybridized carbons (Fsp3) is 0.467. The lowest BCUT2D eigenvalue weighted by Crippen LogP contribution is -2.31. The Morgan fingerprint density at radius 3 is 2.88 bits per heavy atom. The molecule has 0 aliphatic heterocycles. The van der Waals surface area contributed by atoms with E-state index in [0.29, 0.717) is 6.04 Å². The van der Waals surface area contributed by atoms with Crippen LogP contribution in [0.25, 0.3) is 10.1 Å². The zero-order chi connectivity index (χ0) is 11.7. The summed E-state index contributed by atoms with van der Waals surface area (Å²) in [7, 11) is 0. The van der Waals surface area contributed by atoms with E-state index in [0.717, 1.165) is 12.5 Å². The lowest BCUT2D eigenvalue weighted by molar-refractivity contribution is 0.234. The van der Waals surface area contributed by atoms with Gasteiger partial charge < -0.3 is 5.32 Å². The van der Waals surface area contributed by atoms with Gasteiger partial charge in [-0.05, 0) is 47.7 Å². The molecular weight excluding hydrogens is 226 g/mol. The van der Waals surface area contributed by atoms with Crippen molar-refractivity contribution >= 4 is 21.4 Å². The number of hydrogen-bond acceptors (Lipinski definition) is 2. The zero-order valence-electron chi connectivity index (χ0n) is 10.3. The fourth-order valence-corrected chi connectivity index (χ4v) is 3.76. The van der Waals surface area contributed by atoms with Crippen molar-refractivity contribution in [2.45, 2.75) is 32.2 Å². The van der Waals surface area contributed by atoms with Gasteiger partial charge in [0.05, 0.1) is 0 Å². The largest absolute Gasteiger partial charge is 0.310 e. The van der Waals surface area contributed by atoms with Crippen molar-refractivity contribution in [1.29, 1.82) is 0 Å². The molecule has 90 valence electrons. The maximum Gasteiger partial charge on any atom is 0.0363 e. The Morgan fingerprint density at radius 2 is 2.18 bits per heavy atom. The van der Waals surface area contributed by atoms with E-state index in [1.54, 1.807) is 0 Å². The Balaban J connectivity index is 1.99. The first-order chi connectivity index (χ1) is 8.40. The van der Waals surface area contributed by atoms with Crippen LogP contribution in [0.15, 0.2) is 29.6 Å². The molecule has 1 N–H and O–H groups in total. The summed E-state index contributed by atoms with van der Waals surface area (Å²) in [5, 5.41) is 7.50. The van der Waals surface area contributed by atoms with E-state index < -0.39 is 0 Å². The molecule has 1 aliphatic carbocycles. The molecule has 1 atom stereocenters. The van der Waals surface area contributed by atoms with Gasteiger partial charge in [0.1, 0.15) is 0 Å². The van der Waals surface area contributed by atoms with Crippen molar-refractivity contribution in [3.8, 4) is 0 Å². The molecule has 1 aliphatic rings. The highest BCUT2D eigenvalue weighted by Crippen LogP contribution is 2.41. The van der Waals surface area contributed by atoms with E-state index in [4.69, 9.17) is 0 Å². The first-order valence-corrected chi connectivity index (χ1v) is 7.47. The molecule has 0 amide bonds. The third kappa shape index (κ3) is 2.00. The summed E-state index contributed by atoms with van der Waals surface area (Å²) in [5.41, 5.74) is 1.53. The summed E-state index contributed by atoms with van der Waals surface area (Å²) in [6.07, 6.45) is 4.19. The highest BCUT2D eigenvalue weighted by Gasteiger charge is 2.29. The zero-order valence-corrected chi connectivity index (χ0v) is 11.1. The number of fused-ring (bicyclic) bond motifs is 1. The van der Waals surface area contributed by atoms with Crippen LogP contribution in [-0.4, -0.2) is 6.54 Å². The first kappa shape index (κ1) is 11.2. The quantitative estimate of drug-likeness (QED) is 0.844. The van der Waals surface area contributed by atoms with Crippen molar-refractivity contribution in [2.24, 2.45) is 5.92 Å². The molecule has 1 unspecified atom stereocenters. The van der Waals surface area contributed by atoms with Crippen molar-refractivity contribution in [2.75, 3.05) is 6.54 Å². The van der Waals surface area contributed by atoms with Gasteiger partial charge in [0.2, 0.25) is 0 Å². The van der Waals surface area contributed by atoms with Crippen LogP contribution in [0.1, 0.15) is 37.8 Å². The van der Waals surface area contributed by atoms with Gasteiger partial charge >= 0.3 is 0 Å². The maximum atomic E-state index is 3.69. The van der Waals surface area contributed by atoms with Gasteiger partial charge in [0, 0.05) is 10.7 Å². The standard InChI is InChI=1S/C15H19NS/c1-2-16-15(11-6-5-7-11)13-10-17-14-9-4-3-8-12(13)14/h3-4,8-11,15-16H,2,5-7H2,1H3. The van der Waals surface area contributed by atoms with E-state index >= 15 is 0 Å². The van der Waals surface area contributed by atoms with Crippen molar-refractivity contribution in [3.63, 3.8) is 0 Å². The Bertz CT molecular complexity index is 498. The molecule has 17 heavy (non-hydrogen) atoms. The average molecular weight is 245 g/mol. The summed E-state index contributed by atoms with van der Waals surface area (Å²) < 4.78 is 1.42. The van der Waals surface area contributed by atoms with E-state index in [2.05, 4.69) is 41.9 Å². The number of benzene rings is 1. The van der Waals surface area contributed by atoms with Crippen LogP contribution in [0.3, 0.4) is 0 Å². The Labute approximate surface area is 107 Å². The van der Waals surface area contributed by atoms with Gasteiger partial charge in [-0.1, -0.05) is 31.5 Å². The fourth-order valence-electron chi connectivity index (χ4n) is 2.76. The molecule has 2 aromatic rings. The molecule has 1 heterocycles. The molecule has 0 bridgehead atoms. The number of thiophene rings is 1. The highest BCUT2D eigenvalue weighted by atomic mass is 32.1. The van der Waals surface area contributed by atoms with Crippen LogP contribution in [0.4, 0.5) is 0 Å². The highest BCUT2D eigenvalue weighted by molar-refractivity contribution is 7.17. The molecule has 2 heteroatoms. The van der Waals surface area contributed by atoms with Crippen LogP contribution in [0, 0.1) is 5.92 Å². The van der Waals surface area contributed by atoms with Crippen molar-refractivity contribution in [1.82, 2.24) is 5.32 Å². The van der Waals surface area contributed by atoms with Gasteiger partial charge in [0.15, 0.2) is 0 Å². The van der Waals surface area contributed by atoms with Gasteiger partial charge in [0.25, 0.3) is 0 Å². The van der Waals surface area contributed by atoms with E-state index in [1.807, 2.05) is 11.3 Å². The summed E-state index contributed by atoms with van der Waals surface area (Å²) in [4.78, 5) is 0. The third-order valence-electron chi connectivity index (χ3n) is 3.89. The molecule has 1 aromatic carbocycles. The molecule has 0 spiro atoms. The minimum Gasteiger partial charge on any atom is -0.310 e. The van der Waals surface area contributed by atoms with E-state index in [9.17, 15) is 0 Å².